The minimum Gasteiger partial charge on any atom is -0.423 e. The van der Waals surface area contributed by atoms with E-state index in [-0.39, 0.29) is 5.41 Å². The fourth-order valence-corrected chi connectivity index (χ4v) is 3.21. The van der Waals surface area contributed by atoms with Crippen LogP contribution in [0.25, 0.3) is 11.1 Å². The molecule has 4 nitrogen and oxygen atoms in total. The van der Waals surface area contributed by atoms with Crippen LogP contribution in [0.5, 0.6) is 11.5 Å². The van der Waals surface area contributed by atoms with Crippen molar-refractivity contribution in [3.63, 3.8) is 0 Å². The molecule has 0 heterocycles. The summed E-state index contributed by atoms with van der Waals surface area (Å²) in [5.41, 5.74) is 4.61. The Kier molecular flexibility index (Phi) is 4.52. The Morgan fingerprint density at radius 3 is 1.48 bits per heavy atom. The van der Waals surface area contributed by atoms with Gasteiger partial charge < -0.3 is 9.47 Å². The second-order valence-corrected chi connectivity index (χ2v) is 7.38. The second-order valence-electron chi connectivity index (χ2n) is 7.38. The number of rotatable bonds is 4. The molecule has 138 valence electrons. The van der Waals surface area contributed by atoms with Crippen LogP contribution >= 0.6 is 0 Å². The van der Waals surface area contributed by atoms with E-state index in [4.69, 9.17) is 9.47 Å². The molecule has 27 heavy (non-hydrogen) atoms. The van der Waals surface area contributed by atoms with Gasteiger partial charge in [0, 0.05) is 16.6 Å². The minimum absolute atomic E-state index is 0.331. The molecule has 0 spiro atoms. The predicted molar refractivity (Wildman–Crippen MR) is 105 cm³/mol. The molecular formula is C23H22O4. The van der Waals surface area contributed by atoms with Crippen molar-refractivity contribution >= 4 is 11.9 Å². The number of fused-ring (bicyclic) bond motifs is 3. The van der Waals surface area contributed by atoms with Crippen LogP contribution in [-0.2, 0) is 15.0 Å². The van der Waals surface area contributed by atoms with Gasteiger partial charge in [-0.05, 0) is 60.4 Å². The Balaban J connectivity index is 1.99. The number of hydrogen-bond donors (Lipinski definition) is 0. The molecule has 0 bridgehead atoms. The van der Waals surface area contributed by atoms with Crippen molar-refractivity contribution in [1.29, 1.82) is 0 Å². The van der Waals surface area contributed by atoms with Crippen LogP contribution in [0.3, 0.4) is 0 Å². The number of carbonyl (C=O) groups is 2. The molecule has 0 aromatic heterocycles. The molecule has 2 aromatic rings. The van der Waals surface area contributed by atoms with Crippen molar-refractivity contribution in [2.45, 2.75) is 33.1 Å². The summed E-state index contributed by atoms with van der Waals surface area (Å²) in [5.74, 6) is 0.0719. The minimum atomic E-state index is -0.447. The number of ether oxygens (including phenoxy) is 2. The van der Waals surface area contributed by atoms with Crippen LogP contribution in [0.2, 0.25) is 0 Å². The van der Waals surface area contributed by atoms with Gasteiger partial charge in [0.25, 0.3) is 0 Å². The van der Waals surface area contributed by atoms with Gasteiger partial charge in [0.15, 0.2) is 0 Å². The lowest BCUT2D eigenvalue weighted by molar-refractivity contribution is -0.130. The first kappa shape index (κ1) is 18.6. The van der Waals surface area contributed by atoms with Crippen molar-refractivity contribution in [3.8, 4) is 22.6 Å². The van der Waals surface area contributed by atoms with Crippen LogP contribution in [-0.4, -0.2) is 11.9 Å². The van der Waals surface area contributed by atoms with E-state index >= 15 is 0 Å². The Morgan fingerprint density at radius 1 is 0.778 bits per heavy atom. The van der Waals surface area contributed by atoms with Gasteiger partial charge in [-0.3, -0.25) is 0 Å². The van der Waals surface area contributed by atoms with Crippen LogP contribution < -0.4 is 9.47 Å². The van der Waals surface area contributed by atoms with Gasteiger partial charge >= 0.3 is 11.9 Å². The van der Waals surface area contributed by atoms with Gasteiger partial charge in [-0.1, -0.05) is 39.1 Å². The first-order valence-electron chi connectivity index (χ1n) is 8.66. The highest BCUT2D eigenvalue weighted by atomic mass is 16.5. The lowest BCUT2D eigenvalue weighted by atomic mass is 9.82. The average molecular weight is 362 g/mol. The summed E-state index contributed by atoms with van der Waals surface area (Å²) in [7, 11) is 0. The van der Waals surface area contributed by atoms with Crippen LogP contribution in [0.1, 0.15) is 38.8 Å². The molecule has 0 saturated carbocycles. The van der Waals surface area contributed by atoms with Crippen molar-refractivity contribution < 1.29 is 19.1 Å². The SMILES string of the molecule is C=C(C)C(=O)Oc1ccc2c(c1)C(C)(C)c1cc(OC(=O)C(=C)C)ccc1-2. The maximum absolute atomic E-state index is 11.8. The van der Waals surface area contributed by atoms with E-state index < -0.39 is 11.9 Å². The average Bonchev–Trinajstić information content (AvgIpc) is 2.82. The Morgan fingerprint density at radius 2 is 1.15 bits per heavy atom. The smallest absolute Gasteiger partial charge is 0.338 e. The van der Waals surface area contributed by atoms with Crippen LogP contribution in [0.4, 0.5) is 0 Å². The van der Waals surface area contributed by atoms with Gasteiger partial charge in [-0.2, -0.15) is 0 Å². The lowest BCUT2D eigenvalue weighted by Crippen LogP contribution is -2.16. The topological polar surface area (TPSA) is 52.6 Å². The summed E-state index contributed by atoms with van der Waals surface area (Å²) in [6.45, 7) is 14.6. The molecule has 0 radical (unpaired) electrons. The largest absolute Gasteiger partial charge is 0.423 e. The highest BCUT2D eigenvalue weighted by molar-refractivity contribution is 5.90. The highest BCUT2D eigenvalue weighted by Gasteiger charge is 2.36. The Labute approximate surface area is 159 Å². The lowest BCUT2D eigenvalue weighted by Gasteiger charge is -2.22. The zero-order chi connectivity index (χ0) is 19.9. The predicted octanol–water partition coefficient (Wildman–Crippen LogP) is 4.96. The van der Waals surface area contributed by atoms with Gasteiger partial charge in [-0.15, -0.1) is 0 Å². The molecule has 4 heteroatoms. The van der Waals surface area contributed by atoms with Gasteiger partial charge in [-0.25, -0.2) is 9.59 Å². The fourth-order valence-electron chi connectivity index (χ4n) is 3.21. The summed E-state index contributed by atoms with van der Waals surface area (Å²) < 4.78 is 10.8. The molecule has 0 saturated heterocycles. The number of carbonyl (C=O) groups excluding carboxylic acids is 2. The second kappa shape index (κ2) is 6.54. The monoisotopic (exact) mass is 362 g/mol. The van der Waals surface area contributed by atoms with Gasteiger partial charge in [0.2, 0.25) is 0 Å². The summed E-state index contributed by atoms with van der Waals surface area (Å²) in [4.78, 5) is 23.6. The van der Waals surface area contributed by atoms with Crippen molar-refractivity contribution in [2.24, 2.45) is 0 Å². The molecule has 0 atom stereocenters. The first-order chi connectivity index (χ1) is 12.6. The van der Waals surface area contributed by atoms with Gasteiger partial charge in [0.1, 0.15) is 11.5 Å². The van der Waals surface area contributed by atoms with E-state index in [1.54, 1.807) is 26.0 Å². The van der Waals surface area contributed by atoms with E-state index in [0.717, 1.165) is 22.3 Å². The van der Waals surface area contributed by atoms with Crippen LogP contribution in [0, 0.1) is 0 Å². The normalized spacial score (nSPS) is 13.3. The van der Waals surface area contributed by atoms with Crippen molar-refractivity contribution in [3.05, 3.63) is 71.8 Å². The summed E-state index contributed by atoms with van der Waals surface area (Å²) in [5, 5.41) is 0. The third kappa shape index (κ3) is 3.31. The molecule has 0 fully saturated rings. The molecule has 1 aliphatic rings. The molecular weight excluding hydrogens is 340 g/mol. The van der Waals surface area contributed by atoms with E-state index in [0.29, 0.717) is 22.6 Å². The molecule has 0 N–H and O–H groups in total. The summed E-state index contributed by atoms with van der Waals surface area (Å²) >= 11 is 0. The Bertz CT molecular complexity index is 916. The van der Waals surface area contributed by atoms with Gasteiger partial charge in [0.05, 0.1) is 0 Å². The molecule has 0 aliphatic heterocycles. The molecule has 3 rings (SSSR count). The summed E-state index contributed by atoms with van der Waals surface area (Å²) in [6, 6.07) is 11.2. The third-order valence-corrected chi connectivity index (χ3v) is 4.74. The maximum atomic E-state index is 11.8. The van der Waals surface area contributed by atoms with E-state index in [1.165, 1.54) is 0 Å². The standard InChI is InChI=1S/C23H22O4/c1-13(2)21(24)26-15-7-9-17-18-10-8-16(27-22(25)14(3)4)12-20(18)23(5,6)19(17)11-15/h7-12H,1,3H2,2,4-6H3. The third-order valence-electron chi connectivity index (χ3n) is 4.74. The quantitative estimate of drug-likeness (QED) is 0.438. The maximum Gasteiger partial charge on any atom is 0.338 e. The van der Waals surface area contributed by atoms with E-state index in [9.17, 15) is 9.59 Å². The summed E-state index contributed by atoms with van der Waals surface area (Å²) in [6.07, 6.45) is 0. The number of esters is 2. The van der Waals surface area contributed by atoms with E-state index in [1.807, 2.05) is 24.3 Å². The number of benzene rings is 2. The molecule has 1 aliphatic carbocycles. The van der Waals surface area contributed by atoms with Crippen molar-refractivity contribution in [1.82, 2.24) is 0 Å². The molecule has 0 unspecified atom stereocenters. The first-order valence-corrected chi connectivity index (χ1v) is 8.66. The number of hydrogen-bond acceptors (Lipinski definition) is 4. The zero-order valence-electron chi connectivity index (χ0n) is 16.0. The fraction of sp³-hybridized carbons (Fsp3) is 0.217. The Hall–Kier alpha value is -3.14. The zero-order valence-corrected chi connectivity index (χ0v) is 16.0. The van der Waals surface area contributed by atoms with Crippen molar-refractivity contribution in [2.75, 3.05) is 0 Å². The molecule has 0 amide bonds. The highest BCUT2D eigenvalue weighted by Crippen LogP contribution is 2.50. The van der Waals surface area contributed by atoms with Crippen LogP contribution in [0.15, 0.2) is 60.7 Å². The van der Waals surface area contributed by atoms with E-state index in [2.05, 4.69) is 27.0 Å². The molecule has 2 aromatic carbocycles.